The van der Waals surface area contributed by atoms with Crippen molar-refractivity contribution < 1.29 is 4.79 Å². The largest absolute Gasteiger partial charge is 0.350 e. The summed E-state index contributed by atoms with van der Waals surface area (Å²) in [6.07, 6.45) is 7.47. The molecule has 1 aromatic carbocycles. The van der Waals surface area contributed by atoms with E-state index in [1.165, 1.54) is 42.4 Å². The van der Waals surface area contributed by atoms with Gasteiger partial charge in [-0.3, -0.25) is 14.2 Å². The third-order valence-electron chi connectivity index (χ3n) is 7.56. The number of benzene rings is 1. The van der Waals surface area contributed by atoms with Crippen LogP contribution in [0.15, 0.2) is 51.7 Å². The molecule has 1 unspecified atom stereocenters. The predicted octanol–water partition coefficient (Wildman–Crippen LogP) is 5.01. The maximum absolute atomic E-state index is 13.3. The summed E-state index contributed by atoms with van der Waals surface area (Å²) in [7, 11) is 0. The van der Waals surface area contributed by atoms with Crippen molar-refractivity contribution in [2.75, 3.05) is 0 Å². The fourth-order valence-electron chi connectivity index (χ4n) is 6.62. The molecule has 1 amide bonds. The molecular weight excluding hydrogens is 438 g/mol. The Balaban J connectivity index is 1.29. The van der Waals surface area contributed by atoms with Crippen LogP contribution in [-0.2, 0) is 4.79 Å². The Labute approximate surface area is 195 Å². The van der Waals surface area contributed by atoms with Gasteiger partial charge in [0.1, 0.15) is 4.83 Å². The Morgan fingerprint density at radius 2 is 1.78 bits per heavy atom. The molecule has 1 N–H and O–H groups in total. The van der Waals surface area contributed by atoms with Crippen LogP contribution < -0.4 is 10.9 Å². The highest BCUT2D eigenvalue weighted by Gasteiger charge is 2.51. The minimum atomic E-state index is -0.331. The highest BCUT2D eigenvalue weighted by Crippen LogP contribution is 2.55. The Morgan fingerprint density at radius 1 is 1.12 bits per heavy atom. The van der Waals surface area contributed by atoms with Gasteiger partial charge in [-0.1, -0.05) is 30.0 Å². The minimum absolute atomic E-state index is 0.00904. The maximum atomic E-state index is 13.3. The number of thiophene rings is 1. The smallest absolute Gasteiger partial charge is 0.267 e. The van der Waals surface area contributed by atoms with E-state index in [9.17, 15) is 9.59 Å². The highest BCUT2D eigenvalue weighted by molar-refractivity contribution is 8.00. The first-order valence-corrected chi connectivity index (χ1v) is 13.3. The van der Waals surface area contributed by atoms with E-state index in [-0.39, 0.29) is 22.3 Å². The van der Waals surface area contributed by atoms with Crippen LogP contribution in [0.25, 0.3) is 15.9 Å². The van der Waals surface area contributed by atoms with Crippen molar-refractivity contribution in [3.05, 3.63) is 52.1 Å². The lowest BCUT2D eigenvalue weighted by Crippen LogP contribution is -2.60. The lowest BCUT2D eigenvalue weighted by molar-refractivity contribution is -0.126. The van der Waals surface area contributed by atoms with E-state index in [1.807, 2.05) is 48.7 Å². The summed E-state index contributed by atoms with van der Waals surface area (Å²) in [5, 5.41) is 6.23. The number of hydrogen-bond donors (Lipinski definition) is 1. The van der Waals surface area contributed by atoms with Crippen molar-refractivity contribution in [2.45, 2.75) is 61.4 Å². The average molecular weight is 466 g/mol. The molecule has 4 aliphatic carbocycles. The summed E-state index contributed by atoms with van der Waals surface area (Å²) in [6.45, 7) is 1.93. The molecule has 4 bridgehead atoms. The minimum Gasteiger partial charge on any atom is -0.350 e. The number of carbonyl (C=O) groups excluding carboxylic acids is 1. The third-order valence-corrected chi connectivity index (χ3v) is 9.42. The van der Waals surface area contributed by atoms with Crippen molar-refractivity contribution in [1.29, 1.82) is 0 Å². The number of carbonyl (C=O) groups is 1. The summed E-state index contributed by atoms with van der Waals surface area (Å²) in [5.41, 5.74) is 0.679. The molecule has 4 aliphatic rings. The molecule has 2 aromatic heterocycles. The number of thioether (sulfide) groups is 1. The molecule has 0 aliphatic heterocycles. The normalized spacial score (nSPS) is 29.3. The van der Waals surface area contributed by atoms with Gasteiger partial charge in [0.05, 0.1) is 16.3 Å². The Hall–Kier alpha value is -2.12. The van der Waals surface area contributed by atoms with Crippen molar-refractivity contribution in [3.8, 4) is 5.69 Å². The van der Waals surface area contributed by atoms with Crippen LogP contribution in [-0.4, -0.2) is 26.2 Å². The van der Waals surface area contributed by atoms with Gasteiger partial charge < -0.3 is 5.32 Å². The van der Waals surface area contributed by atoms with Crippen molar-refractivity contribution in [1.82, 2.24) is 14.9 Å². The Morgan fingerprint density at radius 3 is 2.44 bits per heavy atom. The standard InChI is InChI=1S/C25H27N3O2S2/c1-15(21(29)27-25-12-16-9-17(13-25)11-18(10-16)14-25)32-24-26-22-20(7-8-31-22)23(30)28(24)19-5-3-2-4-6-19/h2-8,15-18H,9-14H2,1H3,(H,27,29). The van der Waals surface area contributed by atoms with Gasteiger partial charge in [0.2, 0.25) is 5.91 Å². The van der Waals surface area contributed by atoms with E-state index < -0.39 is 0 Å². The number of nitrogens with one attached hydrogen (secondary N) is 1. The van der Waals surface area contributed by atoms with Crippen molar-refractivity contribution in [2.24, 2.45) is 17.8 Å². The molecular formula is C25H27N3O2S2. The number of nitrogens with zero attached hydrogens (tertiary/aromatic N) is 2. The monoisotopic (exact) mass is 465 g/mol. The number of amides is 1. The highest BCUT2D eigenvalue weighted by atomic mass is 32.2. The molecule has 4 saturated carbocycles. The quantitative estimate of drug-likeness (QED) is 0.425. The number of fused-ring (bicyclic) bond motifs is 1. The zero-order chi connectivity index (χ0) is 21.9. The molecule has 5 nitrogen and oxygen atoms in total. The molecule has 2 heterocycles. The summed E-state index contributed by atoms with van der Waals surface area (Å²) in [4.78, 5) is 32.1. The van der Waals surface area contributed by atoms with Crippen LogP contribution in [0.5, 0.6) is 0 Å². The van der Waals surface area contributed by atoms with E-state index >= 15 is 0 Å². The lowest BCUT2D eigenvalue weighted by Gasteiger charge is -2.57. The van der Waals surface area contributed by atoms with Crippen LogP contribution in [0, 0.1) is 17.8 Å². The second-order valence-corrected chi connectivity index (χ2v) is 12.2. The van der Waals surface area contributed by atoms with Gasteiger partial charge in [0, 0.05) is 5.54 Å². The second kappa shape index (κ2) is 7.73. The maximum Gasteiger partial charge on any atom is 0.267 e. The number of aromatic nitrogens is 2. The SMILES string of the molecule is CC(Sc1nc2sccc2c(=O)n1-c1ccccc1)C(=O)NC12CC3CC(CC(C3)C1)C2. The van der Waals surface area contributed by atoms with Gasteiger partial charge in [0.25, 0.3) is 5.56 Å². The molecule has 7 heteroatoms. The van der Waals surface area contributed by atoms with Gasteiger partial charge >= 0.3 is 0 Å². The fraction of sp³-hybridized carbons (Fsp3) is 0.480. The summed E-state index contributed by atoms with van der Waals surface area (Å²) < 4.78 is 1.65. The first-order chi connectivity index (χ1) is 15.5. The summed E-state index contributed by atoms with van der Waals surface area (Å²) in [5.74, 6) is 2.43. The second-order valence-electron chi connectivity index (χ2n) is 9.96. The summed E-state index contributed by atoms with van der Waals surface area (Å²) in [6, 6.07) is 11.4. The first kappa shape index (κ1) is 20.5. The molecule has 4 fully saturated rings. The van der Waals surface area contributed by atoms with Crippen LogP contribution in [0.1, 0.15) is 45.4 Å². The third kappa shape index (κ3) is 3.50. The lowest BCUT2D eigenvalue weighted by atomic mass is 9.53. The van der Waals surface area contributed by atoms with E-state index in [4.69, 9.17) is 4.98 Å². The van der Waals surface area contributed by atoms with Gasteiger partial charge in [-0.25, -0.2) is 4.98 Å². The predicted molar refractivity (Wildman–Crippen MR) is 130 cm³/mol. The Kier molecular flexibility index (Phi) is 4.95. The topological polar surface area (TPSA) is 64.0 Å². The van der Waals surface area contributed by atoms with E-state index in [0.717, 1.165) is 47.5 Å². The van der Waals surface area contributed by atoms with Crippen LogP contribution in [0.2, 0.25) is 0 Å². The molecule has 3 aromatic rings. The number of rotatable bonds is 5. The van der Waals surface area contributed by atoms with E-state index in [2.05, 4.69) is 5.32 Å². The van der Waals surface area contributed by atoms with E-state index in [0.29, 0.717) is 10.5 Å². The van der Waals surface area contributed by atoms with E-state index in [1.54, 1.807) is 4.57 Å². The van der Waals surface area contributed by atoms with Crippen molar-refractivity contribution >= 4 is 39.2 Å². The zero-order valence-electron chi connectivity index (χ0n) is 18.1. The van der Waals surface area contributed by atoms with Crippen molar-refractivity contribution in [3.63, 3.8) is 0 Å². The zero-order valence-corrected chi connectivity index (χ0v) is 19.8. The van der Waals surface area contributed by atoms with Gasteiger partial charge in [-0.15, -0.1) is 11.3 Å². The molecule has 1 atom stereocenters. The molecule has 7 rings (SSSR count). The molecule has 0 saturated heterocycles. The first-order valence-electron chi connectivity index (χ1n) is 11.5. The van der Waals surface area contributed by atoms with Gasteiger partial charge in [-0.2, -0.15) is 0 Å². The van der Waals surface area contributed by atoms with Gasteiger partial charge in [0.15, 0.2) is 5.16 Å². The van der Waals surface area contributed by atoms with Crippen LogP contribution in [0.3, 0.4) is 0 Å². The average Bonchev–Trinajstić information content (AvgIpc) is 3.22. The summed E-state index contributed by atoms with van der Waals surface area (Å²) >= 11 is 2.84. The molecule has 0 radical (unpaired) electrons. The molecule has 166 valence electrons. The molecule has 0 spiro atoms. The van der Waals surface area contributed by atoms with Crippen LogP contribution >= 0.6 is 23.1 Å². The van der Waals surface area contributed by atoms with Crippen LogP contribution in [0.4, 0.5) is 0 Å². The molecule has 32 heavy (non-hydrogen) atoms. The Bertz CT molecular complexity index is 1200. The number of para-hydroxylation sites is 1. The number of hydrogen-bond acceptors (Lipinski definition) is 5. The van der Waals surface area contributed by atoms with Gasteiger partial charge in [-0.05, 0) is 86.8 Å². The fourth-order valence-corrected chi connectivity index (χ4v) is 8.35.